The van der Waals surface area contributed by atoms with E-state index in [4.69, 9.17) is 9.15 Å². The number of hydrogen-bond acceptors (Lipinski definition) is 5. The van der Waals surface area contributed by atoms with E-state index in [1.165, 1.54) is 12.8 Å². The lowest BCUT2D eigenvalue weighted by Gasteiger charge is -2.15. The second-order valence-electron chi connectivity index (χ2n) is 5.86. The molecule has 4 rings (SSSR count). The third-order valence-electron chi connectivity index (χ3n) is 4.31. The van der Waals surface area contributed by atoms with Gasteiger partial charge in [0.1, 0.15) is 11.6 Å². The van der Waals surface area contributed by atoms with Gasteiger partial charge in [-0.3, -0.25) is 0 Å². The van der Waals surface area contributed by atoms with E-state index in [1.807, 2.05) is 42.6 Å². The molecule has 1 aromatic carbocycles. The summed E-state index contributed by atoms with van der Waals surface area (Å²) < 4.78 is 11.1. The van der Waals surface area contributed by atoms with Crippen molar-refractivity contribution in [3.8, 4) is 28.5 Å². The SMILES string of the molecule is COc1ccc(-c2cnc(-c3ccc(N4CCCC4)nc3)o2)cc1. The summed E-state index contributed by atoms with van der Waals surface area (Å²) in [7, 11) is 1.65. The fraction of sp³-hybridized carbons (Fsp3) is 0.263. The molecular weight excluding hydrogens is 302 g/mol. The number of ether oxygens (including phenoxy) is 1. The summed E-state index contributed by atoms with van der Waals surface area (Å²) in [5.74, 6) is 3.16. The maximum atomic E-state index is 5.89. The van der Waals surface area contributed by atoms with E-state index in [1.54, 1.807) is 13.3 Å². The molecule has 0 saturated carbocycles. The third-order valence-corrected chi connectivity index (χ3v) is 4.31. The van der Waals surface area contributed by atoms with Crippen LogP contribution in [0.3, 0.4) is 0 Å². The number of benzene rings is 1. The molecule has 1 fully saturated rings. The van der Waals surface area contributed by atoms with Gasteiger partial charge in [-0.25, -0.2) is 9.97 Å². The van der Waals surface area contributed by atoms with Crippen molar-refractivity contribution in [2.75, 3.05) is 25.1 Å². The van der Waals surface area contributed by atoms with Gasteiger partial charge in [-0.05, 0) is 49.2 Å². The van der Waals surface area contributed by atoms with E-state index < -0.39 is 0 Å². The minimum atomic E-state index is 0.585. The first-order valence-corrected chi connectivity index (χ1v) is 8.15. The molecule has 0 unspecified atom stereocenters. The topological polar surface area (TPSA) is 51.4 Å². The van der Waals surface area contributed by atoms with Crippen molar-refractivity contribution in [1.82, 2.24) is 9.97 Å². The van der Waals surface area contributed by atoms with E-state index in [-0.39, 0.29) is 0 Å². The molecule has 5 heteroatoms. The highest BCUT2D eigenvalue weighted by Crippen LogP contribution is 2.28. The first-order chi connectivity index (χ1) is 11.8. The van der Waals surface area contributed by atoms with Crippen molar-refractivity contribution >= 4 is 5.82 Å². The van der Waals surface area contributed by atoms with Crippen molar-refractivity contribution in [3.63, 3.8) is 0 Å². The van der Waals surface area contributed by atoms with Crippen molar-refractivity contribution in [2.45, 2.75) is 12.8 Å². The van der Waals surface area contributed by atoms with E-state index in [0.29, 0.717) is 5.89 Å². The molecular formula is C19H19N3O2. The van der Waals surface area contributed by atoms with Crippen LogP contribution >= 0.6 is 0 Å². The quantitative estimate of drug-likeness (QED) is 0.726. The normalized spacial score (nSPS) is 14.1. The molecule has 5 nitrogen and oxygen atoms in total. The maximum Gasteiger partial charge on any atom is 0.228 e. The van der Waals surface area contributed by atoms with Gasteiger partial charge in [-0.2, -0.15) is 0 Å². The number of anilines is 1. The van der Waals surface area contributed by atoms with Crippen LogP contribution in [0, 0.1) is 0 Å². The van der Waals surface area contributed by atoms with Gasteiger partial charge in [0.25, 0.3) is 0 Å². The second kappa shape index (κ2) is 6.35. The van der Waals surface area contributed by atoms with Crippen LogP contribution in [0.25, 0.3) is 22.8 Å². The summed E-state index contributed by atoms with van der Waals surface area (Å²) in [6.45, 7) is 2.18. The molecule has 0 spiro atoms. The lowest BCUT2D eigenvalue weighted by atomic mass is 10.2. The molecule has 1 aliphatic rings. The molecule has 24 heavy (non-hydrogen) atoms. The molecule has 3 heterocycles. The minimum absolute atomic E-state index is 0.585. The van der Waals surface area contributed by atoms with Crippen LogP contribution in [0.1, 0.15) is 12.8 Å². The van der Waals surface area contributed by atoms with Gasteiger partial charge in [-0.1, -0.05) is 0 Å². The molecule has 1 aliphatic heterocycles. The highest BCUT2D eigenvalue weighted by atomic mass is 16.5. The molecule has 0 radical (unpaired) electrons. The summed E-state index contributed by atoms with van der Waals surface area (Å²) in [6.07, 6.45) is 6.06. The monoisotopic (exact) mass is 321 g/mol. The molecule has 122 valence electrons. The van der Waals surface area contributed by atoms with E-state index in [0.717, 1.165) is 41.5 Å². The van der Waals surface area contributed by atoms with Crippen molar-refractivity contribution < 1.29 is 9.15 Å². The lowest BCUT2D eigenvalue weighted by Crippen LogP contribution is -2.18. The second-order valence-corrected chi connectivity index (χ2v) is 5.86. The van der Waals surface area contributed by atoms with Gasteiger partial charge in [0.2, 0.25) is 5.89 Å². The van der Waals surface area contributed by atoms with Gasteiger partial charge in [-0.15, -0.1) is 0 Å². The predicted molar refractivity (Wildman–Crippen MR) is 93.2 cm³/mol. The molecule has 0 amide bonds. The highest BCUT2D eigenvalue weighted by Gasteiger charge is 2.14. The van der Waals surface area contributed by atoms with Crippen LogP contribution in [-0.4, -0.2) is 30.2 Å². The van der Waals surface area contributed by atoms with Crippen molar-refractivity contribution in [3.05, 3.63) is 48.8 Å². The Hall–Kier alpha value is -2.82. The third kappa shape index (κ3) is 2.85. The van der Waals surface area contributed by atoms with Gasteiger partial charge in [0, 0.05) is 24.8 Å². The number of oxazole rings is 1. The van der Waals surface area contributed by atoms with Crippen LogP contribution in [0.5, 0.6) is 5.75 Å². The maximum absolute atomic E-state index is 5.89. The molecule has 0 atom stereocenters. The Balaban J connectivity index is 1.55. The first kappa shape index (κ1) is 14.8. The van der Waals surface area contributed by atoms with E-state index in [2.05, 4.69) is 14.9 Å². The zero-order chi connectivity index (χ0) is 16.4. The number of rotatable bonds is 4. The van der Waals surface area contributed by atoms with Crippen LogP contribution in [-0.2, 0) is 0 Å². The number of pyridine rings is 1. The molecule has 2 aromatic heterocycles. The largest absolute Gasteiger partial charge is 0.497 e. The average Bonchev–Trinajstić information content (AvgIpc) is 3.34. The van der Waals surface area contributed by atoms with Gasteiger partial charge in [0.05, 0.1) is 18.9 Å². The minimum Gasteiger partial charge on any atom is -0.497 e. The Morgan fingerprint density at radius 3 is 2.33 bits per heavy atom. The predicted octanol–water partition coefficient (Wildman–Crippen LogP) is 4.01. The van der Waals surface area contributed by atoms with Crippen LogP contribution in [0.2, 0.25) is 0 Å². The number of hydrogen-bond donors (Lipinski definition) is 0. The Bertz CT molecular complexity index is 803. The van der Waals surface area contributed by atoms with Gasteiger partial charge in [0.15, 0.2) is 5.76 Å². The number of methoxy groups -OCH3 is 1. The van der Waals surface area contributed by atoms with Crippen LogP contribution in [0.4, 0.5) is 5.82 Å². The standard InChI is InChI=1S/C19H19N3O2/c1-23-16-7-4-14(5-8-16)17-13-21-19(24-17)15-6-9-18(20-12-15)22-10-2-3-11-22/h4-9,12-13H,2-3,10-11H2,1H3. The van der Waals surface area contributed by atoms with Gasteiger partial charge >= 0.3 is 0 Å². The fourth-order valence-corrected chi connectivity index (χ4v) is 2.94. The average molecular weight is 321 g/mol. The van der Waals surface area contributed by atoms with Gasteiger partial charge < -0.3 is 14.1 Å². The van der Waals surface area contributed by atoms with Crippen molar-refractivity contribution in [1.29, 1.82) is 0 Å². The molecule has 0 bridgehead atoms. The Labute approximate surface area is 140 Å². The zero-order valence-electron chi connectivity index (χ0n) is 13.6. The zero-order valence-corrected chi connectivity index (χ0v) is 13.6. The molecule has 1 saturated heterocycles. The summed E-state index contributed by atoms with van der Waals surface area (Å²) >= 11 is 0. The molecule has 3 aromatic rings. The molecule has 0 N–H and O–H groups in total. The Morgan fingerprint density at radius 2 is 1.67 bits per heavy atom. The fourth-order valence-electron chi connectivity index (χ4n) is 2.94. The van der Waals surface area contributed by atoms with Crippen molar-refractivity contribution in [2.24, 2.45) is 0 Å². The number of nitrogens with zero attached hydrogens (tertiary/aromatic N) is 3. The van der Waals surface area contributed by atoms with Crippen LogP contribution < -0.4 is 9.64 Å². The van der Waals surface area contributed by atoms with E-state index in [9.17, 15) is 0 Å². The summed E-state index contributed by atoms with van der Waals surface area (Å²) in [5, 5.41) is 0. The number of aromatic nitrogens is 2. The molecule has 0 aliphatic carbocycles. The smallest absolute Gasteiger partial charge is 0.228 e. The van der Waals surface area contributed by atoms with Crippen LogP contribution in [0.15, 0.2) is 53.2 Å². The summed E-state index contributed by atoms with van der Waals surface area (Å²) in [4.78, 5) is 11.2. The Kier molecular flexibility index (Phi) is 3.91. The first-order valence-electron chi connectivity index (χ1n) is 8.15. The Morgan fingerprint density at radius 1 is 0.917 bits per heavy atom. The highest BCUT2D eigenvalue weighted by molar-refractivity contribution is 5.62. The summed E-state index contributed by atoms with van der Waals surface area (Å²) in [6, 6.07) is 11.8. The lowest BCUT2D eigenvalue weighted by molar-refractivity contribution is 0.415. The summed E-state index contributed by atoms with van der Waals surface area (Å²) in [5.41, 5.74) is 1.86. The van der Waals surface area contributed by atoms with E-state index >= 15 is 0 Å².